The molecule has 10 nitrogen and oxygen atoms in total. The van der Waals surface area contributed by atoms with Crippen LogP contribution < -0.4 is 39.7 Å². The second-order valence-corrected chi connectivity index (χ2v) is 8.10. The van der Waals surface area contributed by atoms with E-state index in [0.717, 1.165) is 19.3 Å². The van der Waals surface area contributed by atoms with Gasteiger partial charge in [-0.15, -0.1) is 10.2 Å². The van der Waals surface area contributed by atoms with Crippen molar-refractivity contribution in [3.8, 4) is 17.3 Å². The number of nitrogens with one attached hydrogen (secondary N) is 1. The van der Waals surface area contributed by atoms with Crippen LogP contribution in [0.4, 0.5) is 5.69 Å². The van der Waals surface area contributed by atoms with E-state index in [2.05, 4.69) is 38.1 Å². The zero-order valence-electron chi connectivity index (χ0n) is 20.8. The Labute approximate surface area is 240 Å². The molecule has 3 aromatic carbocycles. The molecule has 0 spiro atoms. The Morgan fingerprint density at radius 3 is 2.50 bits per heavy atom. The third-order valence-corrected chi connectivity index (χ3v) is 5.59. The van der Waals surface area contributed by atoms with E-state index >= 15 is 0 Å². The number of ether oxygens (including phenoxy) is 1. The average Bonchev–Trinajstić information content (AvgIpc) is 3.45. The zero-order chi connectivity index (χ0) is 24.7. The summed E-state index contributed by atoms with van der Waals surface area (Å²) < 4.78 is 11.6. The SMILES string of the molecule is O.O=C([N-]c1cccc2c(=O)cc(-c3nn[nH]n3)oc12)c1ccc(OCCCCc2ccccc2)cc1.[Na+]. The molecule has 0 saturated heterocycles. The van der Waals surface area contributed by atoms with Crippen LogP contribution in [0.1, 0.15) is 28.8 Å². The minimum atomic E-state index is -0.468. The molecular formula is C27H24N5NaO5. The summed E-state index contributed by atoms with van der Waals surface area (Å²) in [6.07, 6.45) is 2.99. The predicted octanol–water partition coefficient (Wildman–Crippen LogP) is 1.40. The van der Waals surface area contributed by atoms with Crippen LogP contribution in [-0.2, 0) is 6.42 Å². The smallest absolute Gasteiger partial charge is 0.620 e. The summed E-state index contributed by atoms with van der Waals surface area (Å²) in [6.45, 7) is 0.599. The van der Waals surface area contributed by atoms with Gasteiger partial charge < -0.3 is 24.7 Å². The van der Waals surface area contributed by atoms with Gasteiger partial charge in [-0.3, -0.25) is 4.79 Å². The largest absolute Gasteiger partial charge is 1.00 e. The first kappa shape index (κ1) is 28.7. The second-order valence-electron chi connectivity index (χ2n) is 8.10. The number of carbonyl (C=O) groups is 1. The Kier molecular flexibility index (Phi) is 10.3. The van der Waals surface area contributed by atoms with Crippen molar-refractivity contribution in [2.75, 3.05) is 6.61 Å². The van der Waals surface area contributed by atoms with Crippen molar-refractivity contribution < 1.29 is 49.0 Å². The molecule has 0 fully saturated rings. The van der Waals surface area contributed by atoms with Gasteiger partial charge in [0.1, 0.15) is 11.3 Å². The van der Waals surface area contributed by atoms with E-state index in [1.807, 2.05) is 18.2 Å². The van der Waals surface area contributed by atoms with Crippen LogP contribution in [0, 0.1) is 0 Å². The summed E-state index contributed by atoms with van der Waals surface area (Å²) in [7, 11) is 0. The fourth-order valence-corrected chi connectivity index (χ4v) is 3.76. The molecule has 1 amide bonds. The van der Waals surface area contributed by atoms with E-state index in [4.69, 9.17) is 9.15 Å². The third kappa shape index (κ3) is 6.93. The number of para-hydroxylation sites is 1. The van der Waals surface area contributed by atoms with E-state index in [-0.39, 0.29) is 63.3 Å². The molecule has 0 aliphatic rings. The zero-order valence-corrected chi connectivity index (χ0v) is 22.8. The molecule has 0 aliphatic carbocycles. The van der Waals surface area contributed by atoms with Gasteiger partial charge >= 0.3 is 29.6 Å². The van der Waals surface area contributed by atoms with Gasteiger partial charge in [-0.25, -0.2) is 0 Å². The fraction of sp³-hybridized carbons (Fsp3) is 0.148. The van der Waals surface area contributed by atoms with Crippen molar-refractivity contribution in [3.63, 3.8) is 0 Å². The van der Waals surface area contributed by atoms with Crippen molar-refractivity contribution >= 4 is 22.6 Å². The van der Waals surface area contributed by atoms with E-state index in [0.29, 0.717) is 23.3 Å². The van der Waals surface area contributed by atoms with E-state index in [1.54, 1.807) is 42.5 Å². The van der Waals surface area contributed by atoms with Gasteiger partial charge in [-0.2, -0.15) is 5.21 Å². The van der Waals surface area contributed by atoms with Crippen molar-refractivity contribution in [1.82, 2.24) is 20.6 Å². The first-order valence-corrected chi connectivity index (χ1v) is 11.5. The summed E-state index contributed by atoms with van der Waals surface area (Å²) >= 11 is 0. The number of hydrogen-bond donors (Lipinski definition) is 1. The van der Waals surface area contributed by atoms with Gasteiger partial charge in [0.2, 0.25) is 5.82 Å². The van der Waals surface area contributed by atoms with Crippen molar-refractivity contribution in [2.45, 2.75) is 19.3 Å². The first-order chi connectivity index (χ1) is 17.7. The number of fused-ring (bicyclic) bond motifs is 1. The number of unbranched alkanes of at least 4 members (excludes halogenated alkanes) is 1. The maximum atomic E-state index is 12.8. The van der Waals surface area contributed by atoms with Gasteiger partial charge in [0.25, 0.3) is 0 Å². The molecule has 0 atom stereocenters. The topological polar surface area (TPSA) is 157 Å². The maximum Gasteiger partial charge on any atom is 1.00 e. The first-order valence-electron chi connectivity index (χ1n) is 11.5. The number of amides is 1. The minimum Gasteiger partial charge on any atom is -0.620 e. The average molecular weight is 522 g/mol. The number of aromatic nitrogens is 4. The summed E-state index contributed by atoms with van der Waals surface area (Å²) in [5.41, 5.74) is 1.82. The second kappa shape index (κ2) is 13.6. The predicted molar refractivity (Wildman–Crippen MR) is 138 cm³/mol. The Balaban J connectivity index is 0.00000200. The minimum absolute atomic E-state index is 0. The summed E-state index contributed by atoms with van der Waals surface area (Å²) in [5.74, 6) is 0.476. The molecule has 0 saturated carbocycles. The molecule has 0 bridgehead atoms. The molecule has 0 unspecified atom stereocenters. The number of aromatic amines is 1. The molecule has 2 heterocycles. The number of benzene rings is 3. The maximum absolute atomic E-state index is 12.8. The van der Waals surface area contributed by atoms with Gasteiger partial charge in [-0.05, 0) is 65.9 Å². The monoisotopic (exact) mass is 521 g/mol. The van der Waals surface area contributed by atoms with Crippen LogP contribution in [0.25, 0.3) is 27.9 Å². The van der Waals surface area contributed by atoms with Crippen LogP contribution in [-0.4, -0.2) is 38.6 Å². The number of rotatable bonds is 9. The Morgan fingerprint density at radius 2 is 1.76 bits per heavy atom. The van der Waals surface area contributed by atoms with E-state index in [1.165, 1.54) is 11.6 Å². The number of carbonyl (C=O) groups excluding carboxylic acids is 1. The van der Waals surface area contributed by atoms with Crippen molar-refractivity contribution in [1.29, 1.82) is 0 Å². The molecule has 188 valence electrons. The van der Waals surface area contributed by atoms with Gasteiger partial charge in [-0.1, -0.05) is 48.2 Å². The van der Waals surface area contributed by atoms with Crippen LogP contribution in [0.15, 0.2) is 88.1 Å². The third-order valence-electron chi connectivity index (χ3n) is 5.59. The fourth-order valence-electron chi connectivity index (χ4n) is 3.76. The summed E-state index contributed by atoms with van der Waals surface area (Å²) in [5, 5.41) is 18.0. The van der Waals surface area contributed by atoms with E-state index in [9.17, 15) is 9.59 Å². The summed E-state index contributed by atoms with van der Waals surface area (Å²) in [6, 6.07) is 23.3. The van der Waals surface area contributed by atoms with Crippen LogP contribution >= 0.6 is 0 Å². The van der Waals surface area contributed by atoms with Gasteiger partial charge in [0.15, 0.2) is 11.2 Å². The van der Waals surface area contributed by atoms with E-state index < -0.39 is 5.91 Å². The molecule has 5 rings (SSSR count). The normalized spacial score (nSPS) is 10.3. The summed E-state index contributed by atoms with van der Waals surface area (Å²) in [4.78, 5) is 25.4. The molecule has 5 aromatic rings. The molecule has 0 radical (unpaired) electrons. The molecule has 11 heteroatoms. The molecule has 0 aliphatic heterocycles. The number of nitrogens with zero attached hydrogens (tertiary/aromatic N) is 4. The van der Waals surface area contributed by atoms with Crippen molar-refractivity contribution in [3.05, 3.63) is 106 Å². The number of aryl methyl sites for hydroxylation is 1. The molecule has 3 N–H and O–H groups in total. The van der Waals surface area contributed by atoms with Crippen LogP contribution in [0.5, 0.6) is 5.75 Å². The number of H-pyrrole nitrogens is 1. The standard InChI is InChI=1S/C27H23N5O4.Na.H2O/c33-23-17-24(26-29-31-32-30-26)36-25-21(23)10-6-11-22(25)28-27(34)19-12-14-20(15-13-19)35-16-5-4-9-18-7-2-1-3-8-18;;/h1-3,6-8,10-15,17H,4-5,9,16H2,(H2,28,29,30,31,32,33,34);;1H2/q;+1;/p-1. The van der Waals surface area contributed by atoms with Gasteiger partial charge in [0, 0.05) is 6.07 Å². The quantitative estimate of drug-likeness (QED) is 0.227. The molecular weight excluding hydrogens is 497 g/mol. The van der Waals surface area contributed by atoms with Crippen LogP contribution in [0.3, 0.4) is 0 Å². The Bertz CT molecular complexity index is 1520. The molecule has 2 aromatic heterocycles. The Hall–Kier alpha value is -3.83. The number of tetrazole rings is 1. The van der Waals surface area contributed by atoms with Gasteiger partial charge in [0.05, 0.1) is 17.9 Å². The van der Waals surface area contributed by atoms with Crippen LogP contribution in [0.2, 0.25) is 0 Å². The number of hydrogen-bond acceptors (Lipinski definition) is 7. The Morgan fingerprint density at radius 1 is 0.974 bits per heavy atom. The molecule has 38 heavy (non-hydrogen) atoms. The van der Waals surface area contributed by atoms with Crippen molar-refractivity contribution in [2.24, 2.45) is 0 Å².